The number of epoxide rings is 1. The lowest BCUT2D eigenvalue weighted by Crippen LogP contribution is -2.56. The Morgan fingerprint density at radius 1 is 1.18 bits per heavy atom. The molecule has 1 unspecified atom stereocenters. The molecule has 0 radical (unpaired) electrons. The zero-order chi connectivity index (χ0) is 24.2. The Bertz CT molecular complexity index is 882. The monoisotopic (exact) mass is 462 g/mol. The molecule has 4 N–H and O–H groups in total. The Kier molecular flexibility index (Phi) is 8.10. The van der Waals surface area contributed by atoms with Gasteiger partial charge in [0.2, 0.25) is 11.8 Å². The third-order valence-electron chi connectivity index (χ3n) is 6.37. The van der Waals surface area contributed by atoms with Gasteiger partial charge in [0.05, 0.1) is 33.0 Å². The molecule has 1 aromatic carbocycles. The molecule has 1 saturated heterocycles. The molecule has 0 bridgehead atoms. The van der Waals surface area contributed by atoms with Crippen LogP contribution in [0, 0.1) is 11.8 Å². The van der Waals surface area contributed by atoms with Crippen LogP contribution in [-0.2, 0) is 32.0 Å². The van der Waals surface area contributed by atoms with Gasteiger partial charge >= 0.3 is 0 Å². The number of hydrogen-bond donors (Lipinski definition) is 4. The van der Waals surface area contributed by atoms with Crippen LogP contribution in [0.1, 0.15) is 37.8 Å². The first-order valence-electron chi connectivity index (χ1n) is 11.4. The fourth-order valence-electron chi connectivity index (χ4n) is 4.26. The van der Waals surface area contributed by atoms with Crippen molar-refractivity contribution in [3.63, 3.8) is 0 Å². The number of methoxy groups -OCH3 is 1. The number of benzene rings is 1. The molecule has 0 spiro atoms. The number of rotatable bonds is 11. The van der Waals surface area contributed by atoms with Crippen LogP contribution in [0.25, 0.3) is 0 Å². The van der Waals surface area contributed by atoms with E-state index in [1.165, 1.54) is 0 Å². The second-order valence-corrected chi connectivity index (χ2v) is 9.31. The second kappa shape index (κ2) is 10.6. The average molecular weight is 463 g/mol. The van der Waals surface area contributed by atoms with Crippen molar-refractivity contribution in [1.29, 1.82) is 0 Å². The molecule has 2 amide bonds. The predicted molar refractivity (Wildman–Crippen MR) is 120 cm³/mol. The minimum absolute atomic E-state index is 0.0943. The van der Waals surface area contributed by atoms with Gasteiger partial charge in [-0.1, -0.05) is 19.9 Å². The van der Waals surface area contributed by atoms with Gasteiger partial charge in [0.15, 0.2) is 11.4 Å². The number of ether oxygens (including phenoxy) is 2. The maximum Gasteiger partial charge on any atom is 0.245 e. The smallest absolute Gasteiger partial charge is 0.245 e. The Morgan fingerprint density at radius 3 is 2.48 bits per heavy atom. The summed E-state index contributed by atoms with van der Waals surface area (Å²) < 4.78 is 10.4. The lowest BCUT2D eigenvalue weighted by molar-refractivity contribution is -0.135. The number of amides is 2. The topological polar surface area (TPSA) is 137 Å². The Morgan fingerprint density at radius 2 is 1.91 bits per heavy atom. The van der Waals surface area contributed by atoms with Crippen molar-refractivity contribution < 1.29 is 34.1 Å². The number of nitrogens with one attached hydrogen (secondary N) is 2. The number of ketones is 1. The molecule has 4 atom stereocenters. The zero-order valence-corrected chi connectivity index (χ0v) is 19.4. The van der Waals surface area contributed by atoms with E-state index in [1.54, 1.807) is 7.11 Å². The van der Waals surface area contributed by atoms with Crippen molar-refractivity contribution in [3.05, 3.63) is 29.3 Å². The molecule has 1 fully saturated rings. The summed E-state index contributed by atoms with van der Waals surface area (Å²) in [5.74, 6) is -0.794. The van der Waals surface area contributed by atoms with E-state index in [-0.39, 0.29) is 24.3 Å². The van der Waals surface area contributed by atoms with Gasteiger partial charge in [-0.2, -0.15) is 0 Å². The van der Waals surface area contributed by atoms with E-state index in [2.05, 4.69) is 10.6 Å². The third-order valence-corrected chi connectivity index (χ3v) is 6.37. The number of aryl methyl sites for hydroxylation is 1. The van der Waals surface area contributed by atoms with Crippen LogP contribution in [0.3, 0.4) is 0 Å². The minimum Gasteiger partial charge on any atom is -0.497 e. The van der Waals surface area contributed by atoms with E-state index in [1.807, 2.05) is 32.0 Å². The van der Waals surface area contributed by atoms with E-state index < -0.39 is 42.6 Å². The van der Waals surface area contributed by atoms with Crippen LogP contribution in [-0.4, -0.2) is 72.4 Å². The van der Waals surface area contributed by atoms with Crippen LogP contribution in [0.4, 0.5) is 0 Å². The highest BCUT2D eigenvalue weighted by Crippen LogP contribution is 2.30. The number of hydrogen-bond acceptors (Lipinski definition) is 7. The Balaban J connectivity index is 1.62. The Hall–Kier alpha value is -2.49. The summed E-state index contributed by atoms with van der Waals surface area (Å²) in [7, 11) is 1.61. The number of aliphatic hydroxyl groups excluding tert-OH is 2. The van der Waals surface area contributed by atoms with Crippen molar-refractivity contribution in [2.75, 3.05) is 26.9 Å². The number of fused-ring (bicyclic) bond motifs is 1. The largest absolute Gasteiger partial charge is 0.497 e. The van der Waals surface area contributed by atoms with E-state index >= 15 is 0 Å². The lowest BCUT2D eigenvalue weighted by Gasteiger charge is -2.27. The summed E-state index contributed by atoms with van der Waals surface area (Å²) in [6.07, 6.45) is 2.23. The number of carbonyl (C=O) groups excluding carboxylic acids is 3. The lowest BCUT2D eigenvalue weighted by atomic mass is 9.83. The zero-order valence-electron chi connectivity index (χ0n) is 19.4. The first-order chi connectivity index (χ1) is 15.7. The van der Waals surface area contributed by atoms with Gasteiger partial charge in [-0.25, -0.2) is 0 Å². The molecule has 1 aromatic rings. The molecule has 1 aliphatic heterocycles. The number of Topliss-reactive ketones (excluding diaryl/α,β-unsaturated/α-hetero) is 1. The minimum atomic E-state index is -1.26. The van der Waals surface area contributed by atoms with Crippen LogP contribution in [0.5, 0.6) is 5.75 Å². The maximum absolute atomic E-state index is 12.9. The summed E-state index contributed by atoms with van der Waals surface area (Å²) in [5, 5.41) is 24.6. The molecule has 0 aromatic heterocycles. The molecular weight excluding hydrogens is 428 g/mol. The predicted octanol–water partition coefficient (Wildman–Crippen LogP) is 0.139. The summed E-state index contributed by atoms with van der Waals surface area (Å²) >= 11 is 0. The van der Waals surface area contributed by atoms with E-state index in [4.69, 9.17) is 9.47 Å². The van der Waals surface area contributed by atoms with Crippen LogP contribution in [0.2, 0.25) is 0 Å². The quantitative estimate of drug-likeness (QED) is 0.343. The van der Waals surface area contributed by atoms with Crippen molar-refractivity contribution >= 4 is 17.6 Å². The van der Waals surface area contributed by atoms with Crippen LogP contribution >= 0.6 is 0 Å². The van der Waals surface area contributed by atoms with Gasteiger partial charge in [0, 0.05) is 5.92 Å². The molecule has 1 aliphatic carbocycles. The van der Waals surface area contributed by atoms with Gasteiger partial charge < -0.3 is 30.3 Å². The van der Waals surface area contributed by atoms with Gasteiger partial charge in [-0.15, -0.1) is 0 Å². The summed E-state index contributed by atoms with van der Waals surface area (Å²) in [5.41, 5.74) is 0.946. The molecule has 33 heavy (non-hydrogen) atoms. The Labute approximate surface area is 193 Å². The van der Waals surface area contributed by atoms with Crippen LogP contribution in [0.15, 0.2) is 18.2 Å². The number of aliphatic hydroxyl groups is 2. The number of carbonyl (C=O) groups is 3. The van der Waals surface area contributed by atoms with Crippen molar-refractivity contribution in [3.8, 4) is 5.75 Å². The van der Waals surface area contributed by atoms with Crippen molar-refractivity contribution in [2.24, 2.45) is 11.8 Å². The highest BCUT2D eigenvalue weighted by molar-refractivity contribution is 5.98. The fourth-order valence-corrected chi connectivity index (χ4v) is 4.26. The molecule has 182 valence electrons. The maximum atomic E-state index is 12.9. The van der Waals surface area contributed by atoms with Crippen LogP contribution < -0.4 is 15.4 Å². The van der Waals surface area contributed by atoms with Gasteiger partial charge in [0.1, 0.15) is 11.8 Å². The molecule has 3 rings (SSSR count). The molecule has 1 heterocycles. The average Bonchev–Trinajstić information content (AvgIpc) is 3.61. The first kappa shape index (κ1) is 25.1. The fraction of sp³-hybridized carbons (Fsp3) is 0.625. The normalized spacial score (nSPS) is 23.3. The molecule has 2 aliphatic rings. The van der Waals surface area contributed by atoms with E-state index in [9.17, 15) is 24.6 Å². The highest BCUT2D eigenvalue weighted by atomic mass is 16.6. The summed E-state index contributed by atoms with van der Waals surface area (Å²) in [4.78, 5) is 38.5. The third kappa shape index (κ3) is 5.90. The van der Waals surface area contributed by atoms with Gasteiger partial charge in [-0.05, 0) is 54.9 Å². The molecule has 9 heteroatoms. The van der Waals surface area contributed by atoms with Gasteiger partial charge in [-0.3, -0.25) is 14.4 Å². The SMILES string of the molecule is COc1ccc2c(c1)CCC(C(=O)N[C@@H](CO)C(=O)N[C@@H](CC(C)C)C(=O)[C@@]1(CO)CO1)C2. The van der Waals surface area contributed by atoms with Crippen molar-refractivity contribution in [1.82, 2.24) is 10.6 Å². The molecule has 9 nitrogen and oxygen atoms in total. The summed E-state index contributed by atoms with van der Waals surface area (Å²) in [6, 6.07) is 3.72. The van der Waals surface area contributed by atoms with Crippen molar-refractivity contribution in [2.45, 2.75) is 57.2 Å². The van der Waals surface area contributed by atoms with E-state index in [0.717, 1.165) is 23.3 Å². The molecule has 0 saturated carbocycles. The summed E-state index contributed by atoms with van der Waals surface area (Å²) in [6.45, 7) is 2.89. The van der Waals surface area contributed by atoms with Gasteiger partial charge in [0.25, 0.3) is 0 Å². The first-order valence-corrected chi connectivity index (χ1v) is 11.4. The standard InChI is InChI=1S/C24H34N2O7/c1-14(2)8-19(21(29)24(12-28)13-33-24)25-23(31)20(11-27)26-22(30)17-5-4-16-10-18(32-3)7-6-15(16)9-17/h6-7,10,14,17,19-20,27-28H,4-5,8-9,11-13H2,1-3H3,(H,25,31)(H,26,30)/t17?,19-,20-,24+/m0/s1. The van der Waals surface area contributed by atoms with E-state index in [0.29, 0.717) is 19.3 Å². The highest BCUT2D eigenvalue weighted by Gasteiger charge is 2.54. The molecular formula is C24H34N2O7. The second-order valence-electron chi connectivity index (χ2n) is 9.31.